The molecule has 5 aromatic carbocycles. The number of rotatable bonds is 6. The number of H-pyrrole nitrogens is 1. The Morgan fingerprint density at radius 3 is 2.33 bits per heavy atom. The van der Waals surface area contributed by atoms with Crippen LogP contribution >= 0.6 is 11.6 Å². The van der Waals surface area contributed by atoms with E-state index in [0.717, 1.165) is 32.8 Å². The summed E-state index contributed by atoms with van der Waals surface area (Å²) in [4.78, 5) is 29.4. The van der Waals surface area contributed by atoms with Crippen molar-refractivity contribution >= 4 is 51.4 Å². The average molecular weight is 544 g/mol. The summed E-state index contributed by atoms with van der Waals surface area (Å²) in [5, 5.41) is 7.75. The molecule has 1 heterocycles. The van der Waals surface area contributed by atoms with Crippen molar-refractivity contribution in [3.8, 4) is 16.9 Å². The molecule has 6 aromatic rings. The quantitative estimate of drug-likeness (QED) is 0.0980. The third-order valence-electron chi connectivity index (χ3n) is 6.56. The smallest absolute Gasteiger partial charge is 0.343 e. The van der Waals surface area contributed by atoms with Crippen LogP contribution in [0.2, 0.25) is 5.02 Å². The van der Waals surface area contributed by atoms with E-state index in [9.17, 15) is 9.59 Å². The topological polar surface area (TPSA) is 83.5 Å². The maximum atomic E-state index is 13.5. The highest BCUT2D eigenvalue weighted by Crippen LogP contribution is 2.36. The number of halogens is 1. The van der Waals surface area contributed by atoms with Crippen LogP contribution in [0.15, 0.2) is 120 Å². The summed E-state index contributed by atoms with van der Waals surface area (Å²) in [6, 6.07) is 35.3. The van der Waals surface area contributed by atoms with E-state index < -0.39 is 11.9 Å². The predicted molar refractivity (Wildman–Crippen MR) is 159 cm³/mol. The van der Waals surface area contributed by atoms with E-state index in [4.69, 9.17) is 16.3 Å². The molecule has 0 atom stereocenters. The zero-order chi connectivity index (χ0) is 27.5. The Bertz CT molecular complexity index is 1890. The van der Waals surface area contributed by atoms with Gasteiger partial charge in [-0.1, -0.05) is 90.5 Å². The minimum Gasteiger partial charge on any atom is -0.422 e. The molecule has 0 aliphatic heterocycles. The lowest BCUT2D eigenvalue weighted by Crippen LogP contribution is -2.19. The minimum absolute atomic E-state index is 0.308. The number of para-hydroxylation sites is 1. The molecular weight excluding hydrogens is 522 g/mol. The van der Waals surface area contributed by atoms with Gasteiger partial charge < -0.3 is 9.72 Å². The van der Waals surface area contributed by atoms with Gasteiger partial charge in [0.05, 0.1) is 17.3 Å². The Morgan fingerprint density at radius 2 is 1.50 bits per heavy atom. The van der Waals surface area contributed by atoms with Crippen LogP contribution in [0.5, 0.6) is 5.75 Å². The van der Waals surface area contributed by atoms with E-state index in [0.29, 0.717) is 27.6 Å². The van der Waals surface area contributed by atoms with Crippen molar-refractivity contribution in [2.45, 2.75) is 0 Å². The summed E-state index contributed by atoms with van der Waals surface area (Å²) in [6.45, 7) is 0. The number of amides is 1. The van der Waals surface area contributed by atoms with Crippen LogP contribution in [0, 0.1) is 0 Å². The highest BCUT2D eigenvalue weighted by molar-refractivity contribution is 6.30. The second kappa shape index (κ2) is 10.9. The second-order valence-electron chi connectivity index (χ2n) is 9.08. The lowest BCUT2D eigenvalue weighted by molar-refractivity contribution is 0.0734. The molecule has 40 heavy (non-hydrogen) atoms. The number of hydrazone groups is 1. The largest absolute Gasteiger partial charge is 0.422 e. The highest BCUT2D eigenvalue weighted by Gasteiger charge is 2.20. The number of fused-ring (bicyclic) bond motifs is 3. The highest BCUT2D eigenvalue weighted by atomic mass is 35.5. The first kappa shape index (κ1) is 25.1. The minimum atomic E-state index is -0.528. The molecule has 0 fully saturated rings. The first-order valence-electron chi connectivity index (χ1n) is 12.6. The summed E-state index contributed by atoms with van der Waals surface area (Å²) in [6.07, 6.45) is 1.45. The van der Waals surface area contributed by atoms with Crippen molar-refractivity contribution in [1.29, 1.82) is 0 Å². The Balaban J connectivity index is 1.30. The van der Waals surface area contributed by atoms with E-state index in [1.807, 2.05) is 60.7 Å². The molecule has 2 N–H and O–H groups in total. The van der Waals surface area contributed by atoms with Gasteiger partial charge >= 0.3 is 5.97 Å². The third-order valence-corrected chi connectivity index (χ3v) is 6.81. The molecule has 194 valence electrons. The van der Waals surface area contributed by atoms with Gasteiger partial charge in [-0.3, -0.25) is 4.79 Å². The molecule has 6 rings (SSSR count). The average Bonchev–Trinajstić information content (AvgIpc) is 3.39. The van der Waals surface area contributed by atoms with Crippen LogP contribution in [-0.4, -0.2) is 23.1 Å². The Kier molecular flexibility index (Phi) is 6.83. The van der Waals surface area contributed by atoms with Crippen LogP contribution in [0.1, 0.15) is 26.4 Å². The van der Waals surface area contributed by atoms with E-state index in [1.165, 1.54) is 6.21 Å². The predicted octanol–water partition coefficient (Wildman–Crippen LogP) is 7.62. The summed E-state index contributed by atoms with van der Waals surface area (Å²) < 4.78 is 5.58. The number of nitrogens with zero attached hydrogens (tertiary/aromatic N) is 1. The molecule has 0 saturated carbocycles. The zero-order valence-electron chi connectivity index (χ0n) is 21.1. The molecule has 6 nitrogen and oxygen atoms in total. The molecule has 1 aromatic heterocycles. The van der Waals surface area contributed by atoms with Crippen molar-refractivity contribution in [2.75, 3.05) is 0 Å². The van der Waals surface area contributed by atoms with Crippen LogP contribution in [-0.2, 0) is 0 Å². The number of aromatic amines is 1. The molecule has 1 amide bonds. The fraction of sp³-hybridized carbons (Fsp3) is 0. The van der Waals surface area contributed by atoms with Crippen molar-refractivity contribution in [3.05, 3.63) is 137 Å². The number of carbonyl (C=O) groups is 2. The first-order chi connectivity index (χ1) is 19.6. The van der Waals surface area contributed by atoms with Gasteiger partial charge in [0.1, 0.15) is 11.4 Å². The number of hydrogen-bond acceptors (Lipinski definition) is 4. The van der Waals surface area contributed by atoms with E-state index >= 15 is 0 Å². The first-order valence-corrected chi connectivity index (χ1v) is 13.0. The van der Waals surface area contributed by atoms with Gasteiger partial charge in [-0.05, 0) is 47.3 Å². The molecular formula is C33H22ClN3O3. The lowest BCUT2D eigenvalue weighted by atomic mass is 9.99. The van der Waals surface area contributed by atoms with Gasteiger partial charge in [0.15, 0.2) is 0 Å². The zero-order valence-corrected chi connectivity index (χ0v) is 21.9. The molecule has 0 saturated heterocycles. The fourth-order valence-electron chi connectivity index (χ4n) is 4.65. The van der Waals surface area contributed by atoms with Crippen molar-refractivity contribution < 1.29 is 14.3 Å². The number of ether oxygens (including phenoxy) is 1. The number of aromatic nitrogens is 1. The standard InChI is InChI=1S/C33H22ClN3O3/c34-25-17-14-23(15-18-25)33(39)40-28-13-7-5-11-24(28)20-35-37-32(38)31-29(22-9-2-1-3-10-22)27-19-16-21-8-4-6-12-26(21)30(27)36-31/h1-20,36H,(H,37,38). The normalized spacial score (nSPS) is 11.2. The molecule has 0 spiro atoms. The Morgan fingerprint density at radius 1 is 0.775 bits per heavy atom. The van der Waals surface area contributed by atoms with Crippen molar-refractivity contribution in [1.82, 2.24) is 10.4 Å². The van der Waals surface area contributed by atoms with Gasteiger partial charge in [-0.2, -0.15) is 5.10 Å². The van der Waals surface area contributed by atoms with E-state index in [2.05, 4.69) is 21.6 Å². The summed E-state index contributed by atoms with van der Waals surface area (Å²) in [5.74, 6) is -0.618. The number of hydrogen-bond donors (Lipinski definition) is 2. The molecule has 0 aliphatic carbocycles. The van der Waals surface area contributed by atoms with Crippen molar-refractivity contribution in [2.24, 2.45) is 5.10 Å². The SMILES string of the molecule is O=C(Oc1ccccc1C=NNC(=O)c1[nH]c2c(ccc3ccccc32)c1-c1ccccc1)c1ccc(Cl)cc1. The maximum Gasteiger partial charge on any atom is 0.343 e. The lowest BCUT2D eigenvalue weighted by Gasteiger charge is -2.07. The molecule has 0 bridgehead atoms. The summed E-state index contributed by atoms with van der Waals surface area (Å²) in [7, 11) is 0. The molecule has 0 radical (unpaired) electrons. The number of esters is 1. The van der Waals surface area contributed by atoms with Gasteiger partial charge in [-0.25, -0.2) is 10.2 Å². The van der Waals surface area contributed by atoms with Gasteiger partial charge in [0, 0.05) is 26.9 Å². The van der Waals surface area contributed by atoms with E-state index in [1.54, 1.807) is 48.5 Å². The number of benzene rings is 5. The fourth-order valence-corrected chi connectivity index (χ4v) is 4.78. The van der Waals surface area contributed by atoms with E-state index in [-0.39, 0.29) is 0 Å². The number of nitrogens with one attached hydrogen (secondary N) is 2. The monoisotopic (exact) mass is 543 g/mol. The van der Waals surface area contributed by atoms with Gasteiger partial charge in [0.2, 0.25) is 0 Å². The van der Waals surface area contributed by atoms with Crippen LogP contribution in [0.4, 0.5) is 0 Å². The Hall–Kier alpha value is -5.20. The molecule has 7 heteroatoms. The molecule has 0 unspecified atom stereocenters. The van der Waals surface area contributed by atoms with Crippen LogP contribution < -0.4 is 10.2 Å². The maximum absolute atomic E-state index is 13.5. The summed E-state index contributed by atoms with van der Waals surface area (Å²) >= 11 is 5.92. The van der Waals surface area contributed by atoms with Crippen LogP contribution in [0.25, 0.3) is 32.8 Å². The number of carbonyl (C=O) groups excluding carboxylic acids is 2. The third kappa shape index (κ3) is 4.96. The Labute approximate surface area is 234 Å². The summed E-state index contributed by atoms with van der Waals surface area (Å²) in [5.41, 5.74) is 6.51. The molecule has 0 aliphatic rings. The van der Waals surface area contributed by atoms with Gasteiger partial charge in [0.25, 0.3) is 5.91 Å². The van der Waals surface area contributed by atoms with Gasteiger partial charge in [-0.15, -0.1) is 0 Å². The second-order valence-corrected chi connectivity index (χ2v) is 9.52. The van der Waals surface area contributed by atoms with Crippen LogP contribution in [0.3, 0.4) is 0 Å². The van der Waals surface area contributed by atoms with Crippen molar-refractivity contribution in [3.63, 3.8) is 0 Å².